The average molecular weight is 330 g/mol. The van der Waals surface area contributed by atoms with Crippen molar-refractivity contribution in [2.24, 2.45) is 4.58 Å². The molecule has 0 aromatic heterocycles. The van der Waals surface area contributed by atoms with E-state index in [1.165, 1.54) is 6.92 Å². The van der Waals surface area contributed by atoms with Gasteiger partial charge in [0.2, 0.25) is 11.8 Å². The molecule has 2 amide bonds. The maximum absolute atomic E-state index is 12.4. The lowest BCUT2D eigenvalue weighted by atomic mass is 10.0. The van der Waals surface area contributed by atoms with Gasteiger partial charge in [-0.3, -0.25) is 9.59 Å². The Morgan fingerprint density at radius 2 is 2.05 bits per heavy atom. The summed E-state index contributed by atoms with van der Waals surface area (Å²) in [5.41, 5.74) is 0.503. The summed E-state index contributed by atoms with van der Waals surface area (Å²) in [4.78, 5) is 34.1. The molecule has 21 heavy (non-hydrogen) atoms. The van der Waals surface area contributed by atoms with E-state index in [4.69, 9.17) is 11.6 Å². The number of nitrogens with zero attached hydrogens (tertiary/aromatic N) is 1. The molecule has 1 aromatic rings. The van der Waals surface area contributed by atoms with Gasteiger partial charge in [-0.05, 0) is 32.0 Å². The number of hydrogen-bond acceptors (Lipinski definition) is 5. The van der Waals surface area contributed by atoms with Crippen LogP contribution < -0.4 is 10.6 Å². The maximum Gasteiger partial charge on any atom is 0.248 e. The Morgan fingerprint density at radius 3 is 2.57 bits per heavy atom. The van der Waals surface area contributed by atoms with E-state index in [-0.39, 0.29) is 5.91 Å². The Kier molecular flexibility index (Phi) is 6.17. The molecule has 0 bridgehead atoms. The van der Waals surface area contributed by atoms with Gasteiger partial charge in [0.1, 0.15) is 6.04 Å². The Morgan fingerprint density at radius 1 is 1.38 bits per heavy atom. The fourth-order valence-electron chi connectivity index (χ4n) is 1.69. The van der Waals surface area contributed by atoms with Gasteiger partial charge in [-0.25, -0.2) is 0 Å². The molecule has 1 rings (SSSR count). The minimum absolute atomic E-state index is 0.374. The largest absolute Gasteiger partial charge is 0.343 e. The first-order valence-corrected chi connectivity index (χ1v) is 7.26. The van der Waals surface area contributed by atoms with Crippen molar-refractivity contribution in [1.29, 1.82) is 0 Å². The third-order valence-corrected chi connectivity index (χ3v) is 3.69. The number of carbonyl (C=O) groups excluding carboxylic acids is 2. The van der Waals surface area contributed by atoms with Crippen LogP contribution in [0.2, 0.25) is 5.02 Å². The van der Waals surface area contributed by atoms with Crippen molar-refractivity contribution in [3.05, 3.63) is 34.2 Å². The Balaban J connectivity index is 2.94. The topological polar surface area (TPSA) is 87.6 Å². The minimum Gasteiger partial charge on any atom is -0.343 e. The van der Waals surface area contributed by atoms with Crippen LogP contribution in [0, 0.1) is 4.91 Å². The minimum atomic E-state index is -0.920. The molecular weight excluding hydrogens is 314 g/mol. The lowest BCUT2D eigenvalue weighted by Crippen LogP contribution is -2.53. The van der Waals surface area contributed by atoms with E-state index >= 15 is 0 Å². The summed E-state index contributed by atoms with van der Waals surface area (Å²) in [6, 6.07) is 5.71. The molecule has 1 unspecified atom stereocenters. The van der Waals surface area contributed by atoms with Crippen LogP contribution in [-0.4, -0.2) is 22.6 Å². The number of halogens is 1. The molecule has 0 radical (unpaired) electrons. The molecule has 114 valence electrons. The zero-order valence-electron chi connectivity index (χ0n) is 11.8. The van der Waals surface area contributed by atoms with Gasteiger partial charge in [0.25, 0.3) is 0 Å². The van der Waals surface area contributed by atoms with E-state index in [1.807, 2.05) is 0 Å². The van der Waals surface area contributed by atoms with Crippen molar-refractivity contribution >= 4 is 41.1 Å². The predicted molar refractivity (Wildman–Crippen MR) is 85.2 cm³/mol. The monoisotopic (exact) mass is 329 g/mol. The van der Waals surface area contributed by atoms with E-state index in [1.54, 1.807) is 38.1 Å². The summed E-state index contributed by atoms with van der Waals surface area (Å²) >= 11 is 6.54. The van der Waals surface area contributed by atoms with E-state index in [0.717, 1.165) is 0 Å². The van der Waals surface area contributed by atoms with Gasteiger partial charge >= 0.3 is 0 Å². The van der Waals surface area contributed by atoms with Crippen molar-refractivity contribution in [3.8, 4) is 0 Å². The number of nitroso groups, excluding NO2 is 1. The highest BCUT2D eigenvalue weighted by Gasteiger charge is 2.37. The molecule has 0 aliphatic heterocycles. The molecule has 6 nitrogen and oxygen atoms in total. The van der Waals surface area contributed by atoms with Crippen molar-refractivity contribution in [2.45, 2.75) is 31.6 Å². The van der Waals surface area contributed by atoms with Crippen LogP contribution in [0.25, 0.3) is 0 Å². The maximum atomic E-state index is 12.4. The summed E-state index contributed by atoms with van der Waals surface area (Å²) in [6.45, 7) is 4.60. The third-order valence-electron chi connectivity index (χ3n) is 2.67. The fraction of sp³-hybridized carbons (Fsp3) is 0.385. The van der Waals surface area contributed by atoms with Crippen LogP contribution in [0.5, 0.6) is 0 Å². The molecule has 0 saturated carbocycles. The second-order valence-corrected chi connectivity index (χ2v) is 6.72. The van der Waals surface area contributed by atoms with Gasteiger partial charge in [-0.2, -0.15) is 0 Å². The molecule has 1 aromatic carbocycles. The van der Waals surface area contributed by atoms with Gasteiger partial charge in [0.05, 0.1) is 4.75 Å². The highest BCUT2D eigenvalue weighted by molar-refractivity contribution is 7.99. The number of carbonyl (C=O) groups is 2. The van der Waals surface area contributed by atoms with E-state index in [9.17, 15) is 14.5 Å². The van der Waals surface area contributed by atoms with Crippen LogP contribution >= 0.6 is 23.5 Å². The number of amides is 2. The van der Waals surface area contributed by atoms with E-state index in [2.05, 4.69) is 15.2 Å². The normalized spacial score (nSPS) is 12.4. The van der Waals surface area contributed by atoms with Gasteiger partial charge < -0.3 is 10.6 Å². The lowest BCUT2D eigenvalue weighted by molar-refractivity contribution is -0.125. The Hall–Kier alpha value is -1.60. The second-order valence-electron chi connectivity index (χ2n) is 4.90. The van der Waals surface area contributed by atoms with E-state index in [0.29, 0.717) is 22.7 Å². The average Bonchev–Trinajstić information content (AvgIpc) is 2.35. The smallest absolute Gasteiger partial charge is 0.248 e. The van der Waals surface area contributed by atoms with Crippen molar-refractivity contribution in [2.75, 3.05) is 5.32 Å². The molecule has 0 saturated heterocycles. The number of anilines is 1. The van der Waals surface area contributed by atoms with Crippen molar-refractivity contribution in [3.63, 3.8) is 0 Å². The second kappa shape index (κ2) is 7.42. The fourth-order valence-corrected chi connectivity index (χ4v) is 2.34. The summed E-state index contributed by atoms with van der Waals surface area (Å²) in [6.07, 6.45) is 0. The Labute approximate surface area is 132 Å². The van der Waals surface area contributed by atoms with E-state index < -0.39 is 16.7 Å². The molecule has 1 atom stereocenters. The highest BCUT2D eigenvalue weighted by atomic mass is 35.5. The van der Waals surface area contributed by atoms with Crippen LogP contribution in [0.1, 0.15) is 20.8 Å². The van der Waals surface area contributed by atoms with Gasteiger partial charge in [-0.1, -0.05) is 17.7 Å². The van der Waals surface area contributed by atoms with Crippen LogP contribution in [0.3, 0.4) is 0 Å². The summed E-state index contributed by atoms with van der Waals surface area (Å²) in [7, 11) is 0. The van der Waals surface area contributed by atoms with Crippen molar-refractivity contribution in [1.82, 2.24) is 5.32 Å². The number of rotatable bonds is 6. The number of benzene rings is 1. The number of hydrogen-bond donors (Lipinski definition) is 2. The molecule has 0 aliphatic carbocycles. The molecule has 8 heteroatoms. The zero-order chi connectivity index (χ0) is 16.0. The quantitative estimate of drug-likeness (QED) is 0.620. The SMILES string of the molecule is CC(=O)NC(C(=O)Nc1cccc(Cl)c1)C(C)(C)SN=O. The molecular formula is C13H16ClN3O3S. The summed E-state index contributed by atoms with van der Waals surface area (Å²) < 4.78 is 1.86. The predicted octanol–water partition coefficient (Wildman–Crippen LogP) is 2.98. The first-order chi connectivity index (χ1) is 9.76. The first-order valence-electron chi connectivity index (χ1n) is 6.10. The summed E-state index contributed by atoms with van der Waals surface area (Å²) in [5, 5.41) is 5.67. The highest BCUT2D eigenvalue weighted by Crippen LogP contribution is 2.30. The van der Waals surface area contributed by atoms with Gasteiger partial charge in [0, 0.05) is 34.2 Å². The third kappa shape index (κ3) is 5.35. The standard InChI is InChI=1S/C13H16ClN3O3S/c1-8(18)15-11(13(2,3)21-17-20)12(19)16-10-6-4-5-9(14)7-10/h4-7,11H,1-3H3,(H,15,18)(H,16,19). The van der Waals surface area contributed by atoms with Crippen LogP contribution in [0.15, 0.2) is 28.8 Å². The Bertz CT molecular complexity index is 551. The molecule has 0 fully saturated rings. The van der Waals surface area contributed by atoms with Crippen LogP contribution in [0.4, 0.5) is 5.69 Å². The number of nitrogens with one attached hydrogen (secondary N) is 2. The lowest BCUT2D eigenvalue weighted by Gasteiger charge is -2.30. The van der Waals surface area contributed by atoms with Gasteiger partial charge in [-0.15, -0.1) is 4.91 Å². The van der Waals surface area contributed by atoms with Crippen molar-refractivity contribution < 1.29 is 9.59 Å². The molecule has 0 aliphatic rings. The first kappa shape index (κ1) is 17.5. The molecule has 0 heterocycles. The van der Waals surface area contributed by atoms with Crippen LogP contribution in [-0.2, 0) is 9.59 Å². The zero-order valence-corrected chi connectivity index (χ0v) is 13.4. The van der Waals surface area contributed by atoms with Gasteiger partial charge in [0.15, 0.2) is 0 Å². The molecule has 0 spiro atoms. The summed E-state index contributed by atoms with van der Waals surface area (Å²) in [5.74, 6) is -0.825. The molecule has 2 N–H and O–H groups in total.